The number of hydrogen-bond donors (Lipinski definition) is 1. The van der Waals surface area contributed by atoms with Gasteiger partial charge in [-0.3, -0.25) is 9.69 Å². The minimum atomic E-state index is -3.63. The Labute approximate surface area is 174 Å². The molecule has 1 fully saturated rings. The largest absolute Gasteiger partial charge is 0.454 e. The number of sulfonamides is 1. The fraction of sp³-hybridized carbons (Fsp3) is 0.350. The van der Waals surface area contributed by atoms with E-state index < -0.39 is 15.8 Å². The van der Waals surface area contributed by atoms with Gasteiger partial charge in [0.05, 0.1) is 4.90 Å². The number of rotatable bonds is 6. The summed E-state index contributed by atoms with van der Waals surface area (Å²) < 4.78 is 50.3. The van der Waals surface area contributed by atoms with Gasteiger partial charge < -0.3 is 14.8 Å². The lowest BCUT2D eigenvalue weighted by Gasteiger charge is -2.33. The highest BCUT2D eigenvalue weighted by Gasteiger charge is 2.28. The number of halogens is 1. The average molecular weight is 435 g/mol. The minimum Gasteiger partial charge on any atom is -0.454 e. The third kappa shape index (κ3) is 4.40. The van der Waals surface area contributed by atoms with Gasteiger partial charge in [0.15, 0.2) is 11.5 Å². The molecule has 0 aliphatic carbocycles. The molecule has 1 N–H and O–H groups in total. The first-order valence-corrected chi connectivity index (χ1v) is 11.0. The molecule has 2 aromatic rings. The predicted octanol–water partition coefficient (Wildman–Crippen LogP) is 1.29. The van der Waals surface area contributed by atoms with Crippen molar-refractivity contribution in [2.75, 3.05) is 46.1 Å². The minimum absolute atomic E-state index is 0.0911. The van der Waals surface area contributed by atoms with E-state index in [4.69, 9.17) is 9.47 Å². The van der Waals surface area contributed by atoms with E-state index >= 15 is 0 Å². The summed E-state index contributed by atoms with van der Waals surface area (Å²) in [6.45, 7) is 3.01. The fourth-order valence-corrected chi connectivity index (χ4v) is 4.84. The van der Waals surface area contributed by atoms with Crippen molar-refractivity contribution in [2.45, 2.75) is 4.90 Å². The van der Waals surface area contributed by atoms with Crippen molar-refractivity contribution in [3.05, 3.63) is 53.8 Å². The van der Waals surface area contributed by atoms with E-state index in [1.165, 1.54) is 16.4 Å². The highest BCUT2D eigenvalue weighted by Crippen LogP contribution is 2.32. The Morgan fingerprint density at radius 1 is 1.00 bits per heavy atom. The number of piperazine rings is 1. The molecule has 0 unspecified atom stereocenters. The van der Waals surface area contributed by atoms with Crippen LogP contribution in [0.15, 0.2) is 47.4 Å². The van der Waals surface area contributed by atoms with Crippen LogP contribution in [0.5, 0.6) is 11.5 Å². The maximum absolute atomic E-state index is 13.1. The van der Waals surface area contributed by atoms with E-state index in [1.54, 1.807) is 18.2 Å². The summed E-state index contributed by atoms with van der Waals surface area (Å²) in [5, 5.41) is 2.87. The summed E-state index contributed by atoms with van der Waals surface area (Å²) in [6, 6.07) is 9.89. The molecular formula is C20H22FN3O5S. The van der Waals surface area contributed by atoms with Gasteiger partial charge in [-0.05, 0) is 42.5 Å². The summed E-state index contributed by atoms with van der Waals surface area (Å²) in [5.41, 5.74) is 0.495. The summed E-state index contributed by atoms with van der Waals surface area (Å²) in [7, 11) is -3.63. The Bertz CT molecular complexity index is 1020. The number of nitrogens with zero attached hydrogens (tertiary/aromatic N) is 2. The third-order valence-electron chi connectivity index (χ3n) is 5.13. The van der Waals surface area contributed by atoms with Crippen molar-refractivity contribution in [2.24, 2.45) is 0 Å². The Hall–Kier alpha value is -2.69. The first-order chi connectivity index (χ1) is 14.4. The molecule has 30 heavy (non-hydrogen) atoms. The molecule has 0 aromatic heterocycles. The van der Waals surface area contributed by atoms with Crippen molar-refractivity contribution >= 4 is 15.9 Å². The molecular weight excluding hydrogens is 413 g/mol. The number of amides is 1. The molecule has 0 bridgehead atoms. The SMILES string of the molecule is O=C(NCCN1CCN(S(=O)(=O)c2ccc(F)cc2)CC1)c1ccc2c(c1)OCO2. The maximum atomic E-state index is 13.1. The van der Waals surface area contributed by atoms with Crippen molar-refractivity contribution < 1.29 is 27.1 Å². The van der Waals surface area contributed by atoms with Gasteiger partial charge >= 0.3 is 0 Å². The molecule has 0 saturated carbocycles. The number of nitrogens with one attached hydrogen (secondary N) is 1. The highest BCUT2D eigenvalue weighted by molar-refractivity contribution is 7.89. The second kappa shape index (κ2) is 8.58. The first kappa shape index (κ1) is 20.6. The van der Waals surface area contributed by atoms with Crippen LogP contribution < -0.4 is 14.8 Å². The van der Waals surface area contributed by atoms with Gasteiger partial charge in [-0.25, -0.2) is 12.8 Å². The third-order valence-corrected chi connectivity index (χ3v) is 7.04. The molecule has 2 aliphatic heterocycles. The topological polar surface area (TPSA) is 88.2 Å². The second-order valence-corrected chi connectivity index (χ2v) is 8.96. The zero-order valence-corrected chi connectivity index (χ0v) is 17.0. The van der Waals surface area contributed by atoms with E-state index in [2.05, 4.69) is 10.2 Å². The molecule has 2 aliphatic rings. The van der Waals surface area contributed by atoms with E-state index in [0.717, 1.165) is 12.1 Å². The number of fused-ring (bicyclic) bond motifs is 1. The summed E-state index contributed by atoms with van der Waals surface area (Å²) in [6.07, 6.45) is 0. The Morgan fingerprint density at radius 3 is 2.43 bits per heavy atom. The number of benzene rings is 2. The molecule has 2 aromatic carbocycles. The van der Waals surface area contributed by atoms with Crippen LogP contribution in [0.4, 0.5) is 4.39 Å². The number of carbonyl (C=O) groups is 1. The van der Waals surface area contributed by atoms with E-state index in [1.807, 2.05) is 0 Å². The van der Waals surface area contributed by atoms with E-state index in [0.29, 0.717) is 56.3 Å². The van der Waals surface area contributed by atoms with Gasteiger partial charge in [-0.15, -0.1) is 0 Å². The van der Waals surface area contributed by atoms with Gasteiger partial charge in [0.1, 0.15) is 5.82 Å². The average Bonchev–Trinajstić information content (AvgIpc) is 3.22. The lowest BCUT2D eigenvalue weighted by Crippen LogP contribution is -2.50. The quantitative estimate of drug-likeness (QED) is 0.736. The van der Waals surface area contributed by atoms with Crippen molar-refractivity contribution in [3.63, 3.8) is 0 Å². The molecule has 4 rings (SSSR count). The zero-order chi connectivity index (χ0) is 21.1. The lowest BCUT2D eigenvalue weighted by atomic mass is 10.2. The molecule has 1 amide bonds. The molecule has 0 radical (unpaired) electrons. The van der Waals surface area contributed by atoms with Crippen LogP contribution in [0.1, 0.15) is 10.4 Å². The molecule has 0 spiro atoms. The first-order valence-electron chi connectivity index (χ1n) is 9.59. The summed E-state index contributed by atoms with van der Waals surface area (Å²) in [5.74, 6) is 0.508. The van der Waals surface area contributed by atoms with Crippen LogP contribution in [0.2, 0.25) is 0 Å². The standard InChI is InChI=1S/C20H22FN3O5S/c21-16-2-4-17(5-3-16)30(26,27)24-11-9-23(10-12-24)8-7-22-20(25)15-1-6-18-19(13-15)29-14-28-18/h1-6,13H,7-12,14H2,(H,22,25). The number of hydrogen-bond acceptors (Lipinski definition) is 6. The molecule has 0 atom stereocenters. The van der Waals surface area contributed by atoms with E-state index in [-0.39, 0.29) is 17.6 Å². The van der Waals surface area contributed by atoms with Crippen LogP contribution in [-0.4, -0.2) is 69.6 Å². The summed E-state index contributed by atoms with van der Waals surface area (Å²) in [4.78, 5) is 14.5. The predicted molar refractivity (Wildman–Crippen MR) is 106 cm³/mol. The molecule has 10 heteroatoms. The van der Waals surface area contributed by atoms with Gasteiger partial charge in [-0.2, -0.15) is 4.31 Å². The monoisotopic (exact) mass is 435 g/mol. The Balaban J connectivity index is 1.24. The zero-order valence-electron chi connectivity index (χ0n) is 16.2. The Kier molecular flexibility index (Phi) is 5.89. The van der Waals surface area contributed by atoms with Crippen LogP contribution in [0, 0.1) is 5.82 Å². The van der Waals surface area contributed by atoms with Gasteiger partial charge in [-0.1, -0.05) is 0 Å². The number of ether oxygens (including phenoxy) is 2. The molecule has 160 valence electrons. The van der Waals surface area contributed by atoms with Gasteiger partial charge in [0, 0.05) is 44.8 Å². The lowest BCUT2D eigenvalue weighted by molar-refractivity contribution is 0.0944. The normalized spacial score (nSPS) is 17.1. The van der Waals surface area contributed by atoms with E-state index in [9.17, 15) is 17.6 Å². The van der Waals surface area contributed by atoms with Crippen LogP contribution in [0.3, 0.4) is 0 Å². The Morgan fingerprint density at radius 2 is 1.70 bits per heavy atom. The van der Waals surface area contributed by atoms with Crippen molar-refractivity contribution in [1.82, 2.24) is 14.5 Å². The van der Waals surface area contributed by atoms with Crippen molar-refractivity contribution in [3.8, 4) is 11.5 Å². The maximum Gasteiger partial charge on any atom is 0.251 e. The smallest absolute Gasteiger partial charge is 0.251 e. The summed E-state index contributed by atoms with van der Waals surface area (Å²) >= 11 is 0. The fourth-order valence-electron chi connectivity index (χ4n) is 3.42. The van der Waals surface area contributed by atoms with Crippen LogP contribution in [-0.2, 0) is 10.0 Å². The van der Waals surface area contributed by atoms with Crippen LogP contribution in [0.25, 0.3) is 0 Å². The van der Waals surface area contributed by atoms with Gasteiger partial charge in [0.25, 0.3) is 5.91 Å². The number of carbonyl (C=O) groups excluding carboxylic acids is 1. The van der Waals surface area contributed by atoms with Crippen molar-refractivity contribution in [1.29, 1.82) is 0 Å². The second-order valence-electron chi connectivity index (χ2n) is 7.02. The molecule has 8 nitrogen and oxygen atoms in total. The highest BCUT2D eigenvalue weighted by atomic mass is 32.2. The van der Waals surface area contributed by atoms with Crippen LogP contribution >= 0.6 is 0 Å². The molecule has 2 heterocycles. The molecule has 1 saturated heterocycles. The van der Waals surface area contributed by atoms with Gasteiger partial charge in [0.2, 0.25) is 16.8 Å².